The van der Waals surface area contributed by atoms with Crippen molar-refractivity contribution in [1.29, 1.82) is 0 Å². The summed E-state index contributed by atoms with van der Waals surface area (Å²) in [6.07, 6.45) is 7.15. The average molecular weight is 331 g/mol. The van der Waals surface area contributed by atoms with Gasteiger partial charge in [-0.1, -0.05) is 0 Å². The van der Waals surface area contributed by atoms with Crippen LogP contribution in [0.25, 0.3) is 0 Å². The number of amides is 1. The predicted molar refractivity (Wildman–Crippen MR) is 89.1 cm³/mol. The van der Waals surface area contributed by atoms with Gasteiger partial charge in [-0.2, -0.15) is 11.3 Å². The molecule has 0 aliphatic carbocycles. The Kier molecular flexibility index (Phi) is 5.03. The van der Waals surface area contributed by atoms with Crippen molar-refractivity contribution in [2.24, 2.45) is 0 Å². The van der Waals surface area contributed by atoms with Crippen molar-refractivity contribution in [3.05, 3.63) is 46.2 Å². The topological polar surface area (TPSA) is 64.1 Å². The molecule has 0 spiro atoms. The van der Waals surface area contributed by atoms with Crippen LogP contribution in [-0.2, 0) is 28.1 Å². The summed E-state index contributed by atoms with van der Waals surface area (Å²) in [7, 11) is 0. The number of thiophene rings is 1. The molecule has 1 N–H and O–H groups in total. The molecule has 1 fully saturated rings. The molecule has 23 heavy (non-hydrogen) atoms. The zero-order chi connectivity index (χ0) is 16.1. The first-order chi connectivity index (χ1) is 11.2. The molecular formula is C17H21N3O2S. The highest BCUT2D eigenvalue weighted by molar-refractivity contribution is 7.07. The second-order valence-corrected chi connectivity index (χ2v) is 6.82. The van der Waals surface area contributed by atoms with E-state index in [0.717, 1.165) is 42.8 Å². The van der Waals surface area contributed by atoms with Crippen LogP contribution in [0.15, 0.2) is 29.2 Å². The first-order valence-corrected chi connectivity index (χ1v) is 8.83. The van der Waals surface area contributed by atoms with Gasteiger partial charge in [0.05, 0.1) is 6.42 Å². The van der Waals surface area contributed by atoms with Crippen molar-refractivity contribution in [3.63, 3.8) is 0 Å². The molecule has 2 aromatic rings. The second kappa shape index (κ2) is 7.19. The van der Waals surface area contributed by atoms with Gasteiger partial charge in [0, 0.05) is 31.1 Å². The summed E-state index contributed by atoms with van der Waals surface area (Å²) in [4.78, 5) is 20.8. The number of nitrogens with zero attached hydrogens (tertiary/aromatic N) is 2. The van der Waals surface area contributed by atoms with E-state index in [2.05, 4.69) is 15.3 Å². The average Bonchev–Trinajstić information content (AvgIpc) is 3.07. The van der Waals surface area contributed by atoms with Gasteiger partial charge in [0.25, 0.3) is 0 Å². The Morgan fingerprint density at radius 1 is 1.35 bits per heavy atom. The highest BCUT2D eigenvalue weighted by Crippen LogP contribution is 2.32. The fraction of sp³-hybridized carbons (Fsp3) is 0.471. The number of aromatic nitrogens is 2. The number of ether oxygens (including phenoxy) is 1. The highest BCUT2D eigenvalue weighted by atomic mass is 32.1. The number of carbonyl (C=O) groups is 1. The maximum absolute atomic E-state index is 11.9. The van der Waals surface area contributed by atoms with Gasteiger partial charge >= 0.3 is 0 Å². The molecule has 2 aromatic heterocycles. The van der Waals surface area contributed by atoms with E-state index in [0.29, 0.717) is 13.0 Å². The zero-order valence-electron chi connectivity index (χ0n) is 13.2. The Hall–Kier alpha value is -1.79. The molecule has 0 saturated carbocycles. The lowest BCUT2D eigenvalue weighted by Crippen LogP contribution is -2.32. The molecule has 1 aliphatic heterocycles. The minimum atomic E-state index is -0.376. The third-order valence-corrected chi connectivity index (χ3v) is 4.81. The van der Waals surface area contributed by atoms with Crippen LogP contribution in [0.4, 0.5) is 0 Å². The van der Waals surface area contributed by atoms with Gasteiger partial charge < -0.3 is 10.1 Å². The van der Waals surface area contributed by atoms with Crippen LogP contribution in [0.3, 0.4) is 0 Å². The molecule has 5 nitrogen and oxygen atoms in total. The van der Waals surface area contributed by atoms with E-state index in [9.17, 15) is 4.79 Å². The van der Waals surface area contributed by atoms with E-state index in [1.165, 1.54) is 0 Å². The van der Waals surface area contributed by atoms with Crippen LogP contribution in [0.2, 0.25) is 0 Å². The van der Waals surface area contributed by atoms with Crippen molar-refractivity contribution in [1.82, 2.24) is 15.3 Å². The molecule has 3 rings (SSSR count). The lowest BCUT2D eigenvalue weighted by molar-refractivity contribution is -0.120. The van der Waals surface area contributed by atoms with Gasteiger partial charge in [0.15, 0.2) is 5.82 Å². The van der Waals surface area contributed by atoms with E-state index in [1.807, 2.05) is 23.8 Å². The largest absolute Gasteiger partial charge is 0.367 e. The number of hydrogen-bond donors (Lipinski definition) is 1. The fourth-order valence-corrected chi connectivity index (χ4v) is 3.34. The van der Waals surface area contributed by atoms with Crippen LogP contribution in [0, 0.1) is 0 Å². The molecule has 1 aliphatic rings. The molecule has 1 amide bonds. The van der Waals surface area contributed by atoms with Gasteiger partial charge in [0.1, 0.15) is 5.60 Å². The molecule has 3 heterocycles. The second-order valence-electron chi connectivity index (χ2n) is 6.04. The smallest absolute Gasteiger partial charge is 0.224 e. The van der Waals surface area contributed by atoms with Crippen molar-refractivity contribution >= 4 is 17.2 Å². The van der Waals surface area contributed by atoms with Crippen LogP contribution in [0.1, 0.15) is 43.1 Å². The summed E-state index contributed by atoms with van der Waals surface area (Å²) in [6.45, 7) is 3.25. The number of nitrogens with one attached hydrogen (secondary N) is 1. The van der Waals surface area contributed by atoms with E-state index in [-0.39, 0.29) is 11.5 Å². The molecular weight excluding hydrogens is 310 g/mol. The third kappa shape index (κ3) is 4.14. The third-order valence-electron chi connectivity index (χ3n) is 4.08. The normalized spacial score (nSPS) is 21.1. The minimum absolute atomic E-state index is 0.00931. The fourth-order valence-electron chi connectivity index (χ4n) is 2.67. The zero-order valence-corrected chi connectivity index (χ0v) is 14.1. The molecule has 1 unspecified atom stereocenters. The first-order valence-electron chi connectivity index (χ1n) is 7.89. The van der Waals surface area contributed by atoms with Gasteiger partial charge in [-0.15, -0.1) is 0 Å². The van der Waals surface area contributed by atoms with Crippen molar-refractivity contribution in [2.45, 2.75) is 44.8 Å². The van der Waals surface area contributed by atoms with Crippen LogP contribution in [-0.4, -0.2) is 22.5 Å². The Bertz CT molecular complexity index is 634. The quantitative estimate of drug-likeness (QED) is 0.915. The standard InChI is InChI=1S/C17H21N3O2S/c1-17(5-2-3-6-22-17)16-19-10-14(11-20-16)9-18-15(21)8-13-4-7-23-12-13/h4,7,10-12H,2-3,5-6,8-9H2,1H3,(H,18,21). The Labute approximate surface area is 140 Å². The summed E-state index contributed by atoms with van der Waals surface area (Å²) in [5.41, 5.74) is 1.56. The lowest BCUT2D eigenvalue weighted by atomic mass is 9.95. The van der Waals surface area contributed by atoms with Crippen molar-refractivity contribution in [3.8, 4) is 0 Å². The predicted octanol–water partition coefficient (Wildman–Crippen LogP) is 2.81. The minimum Gasteiger partial charge on any atom is -0.367 e. The van der Waals surface area contributed by atoms with Gasteiger partial charge in [-0.25, -0.2) is 9.97 Å². The van der Waals surface area contributed by atoms with E-state index in [1.54, 1.807) is 23.7 Å². The molecule has 6 heteroatoms. The van der Waals surface area contributed by atoms with Crippen LogP contribution < -0.4 is 5.32 Å². The Morgan fingerprint density at radius 3 is 2.83 bits per heavy atom. The maximum Gasteiger partial charge on any atom is 0.224 e. The maximum atomic E-state index is 11.9. The van der Waals surface area contributed by atoms with Gasteiger partial charge in [-0.05, 0) is 48.6 Å². The Balaban J connectivity index is 1.54. The monoisotopic (exact) mass is 331 g/mol. The molecule has 0 aromatic carbocycles. The van der Waals surface area contributed by atoms with Crippen LogP contribution >= 0.6 is 11.3 Å². The number of rotatable bonds is 5. The van der Waals surface area contributed by atoms with E-state index < -0.39 is 0 Å². The molecule has 122 valence electrons. The van der Waals surface area contributed by atoms with Crippen molar-refractivity contribution < 1.29 is 9.53 Å². The van der Waals surface area contributed by atoms with Crippen LogP contribution in [0.5, 0.6) is 0 Å². The molecule has 0 radical (unpaired) electrons. The Morgan fingerprint density at radius 2 is 2.17 bits per heavy atom. The van der Waals surface area contributed by atoms with Gasteiger partial charge in [0.2, 0.25) is 5.91 Å². The summed E-state index contributed by atoms with van der Waals surface area (Å²) in [5.74, 6) is 0.737. The lowest BCUT2D eigenvalue weighted by Gasteiger charge is -2.32. The highest BCUT2D eigenvalue weighted by Gasteiger charge is 2.32. The summed E-state index contributed by atoms with van der Waals surface area (Å²) < 4.78 is 5.85. The SMILES string of the molecule is CC1(c2ncc(CNC(=O)Cc3ccsc3)cn2)CCCCO1. The number of hydrogen-bond acceptors (Lipinski definition) is 5. The summed E-state index contributed by atoms with van der Waals surface area (Å²) in [5, 5.41) is 6.86. The van der Waals surface area contributed by atoms with E-state index in [4.69, 9.17) is 4.74 Å². The first kappa shape index (κ1) is 16.1. The summed E-state index contributed by atoms with van der Waals surface area (Å²) >= 11 is 1.60. The van der Waals surface area contributed by atoms with Crippen molar-refractivity contribution in [2.75, 3.05) is 6.61 Å². The van der Waals surface area contributed by atoms with E-state index >= 15 is 0 Å². The molecule has 0 bridgehead atoms. The van der Waals surface area contributed by atoms with Gasteiger partial charge in [-0.3, -0.25) is 4.79 Å². The summed E-state index contributed by atoms with van der Waals surface area (Å²) in [6, 6.07) is 1.97. The molecule has 1 atom stereocenters. The number of carbonyl (C=O) groups excluding carboxylic acids is 1. The molecule has 1 saturated heterocycles.